The molecule has 2 aromatic carbocycles. The number of amides is 2. The summed E-state index contributed by atoms with van der Waals surface area (Å²) in [5.74, 6) is 0.272. The lowest BCUT2D eigenvalue weighted by atomic mass is 9.89. The second-order valence-corrected chi connectivity index (χ2v) is 8.65. The van der Waals surface area contributed by atoms with Gasteiger partial charge in [-0.2, -0.15) is 0 Å². The average molecular weight is 413 g/mol. The molecule has 4 nitrogen and oxygen atoms in total. The number of hydrogen-bond donors (Lipinski definition) is 1. The molecule has 5 heteroatoms. The Bertz CT molecular complexity index is 855. The minimum atomic E-state index is -0.518. The lowest BCUT2D eigenvalue weighted by molar-refractivity contribution is -0.135. The summed E-state index contributed by atoms with van der Waals surface area (Å²) in [6, 6.07) is 14.9. The fraction of sp³-hybridized carbons (Fsp3) is 0.417. The molecule has 1 unspecified atom stereocenters. The molecule has 3 rings (SSSR count). The fourth-order valence-corrected chi connectivity index (χ4v) is 4.02. The zero-order valence-corrected chi connectivity index (χ0v) is 18.1. The van der Waals surface area contributed by atoms with E-state index in [-0.39, 0.29) is 17.7 Å². The Morgan fingerprint density at radius 1 is 1.07 bits per heavy atom. The highest BCUT2D eigenvalue weighted by atomic mass is 35.5. The third-order valence-corrected chi connectivity index (χ3v) is 5.90. The molecular weight excluding hydrogens is 384 g/mol. The minimum absolute atomic E-state index is 0.00978. The van der Waals surface area contributed by atoms with Gasteiger partial charge in [0.1, 0.15) is 6.04 Å². The van der Waals surface area contributed by atoms with Crippen LogP contribution in [0.5, 0.6) is 0 Å². The van der Waals surface area contributed by atoms with Crippen molar-refractivity contribution in [1.82, 2.24) is 10.2 Å². The van der Waals surface area contributed by atoms with Gasteiger partial charge in [-0.3, -0.25) is 9.59 Å². The van der Waals surface area contributed by atoms with Crippen LogP contribution in [-0.4, -0.2) is 35.8 Å². The van der Waals surface area contributed by atoms with Crippen molar-refractivity contribution in [2.75, 3.05) is 13.1 Å². The van der Waals surface area contributed by atoms with Crippen LogP contribution in [0.25, 0.3) is 0 Å². The van der Waals surface area contributed by atoms with Crippen molar-refractivity contribution >= 4 is 23.4 Å². The zero-order valence-electron chi connectivity index (χ0n) is 17.3. The molecule has 0 spiro atoms. The molecule has 1 N–H and O–H groups in total. The lowest BCUT2D eigenvalue weighted by Crippen LogP contribution is -2.52. The average Bonchev–Trinajstić information content (AvgIpc) is 2.72. The van der Waals surface area contributed by atoms with Crippen LogP contribution >= 0.6 is 11.6 Å². The Kier molecular flexibility index (Phi) is 6.96. The van der Waals surface area contributed by atoms with E-state index in [0.29, 0.717) is 24.6 Å². The van der Waals surface area contributed by atoms with Crippen molar-refractivity contribution in [2.24, 2.45) is 5.92 Å². The maximum absolute atomic E-state index is 13.2. The number of carbonyl (C=O) groups is 2. The molecule has 0 bridgehead atoms. The van der Waals surface area contributed by atoms with Gasteiger partial charge in [0.15, 0.2) is 0 Å². The number of carbonyl (C=O) groups excluding carboxylic acids is 2. The minimum Gasteiger partial charge on any atom is -0.341 e. The summed E-state index contributed by atoms with van der Waals surface area (Å²) in [5, 5.41) is 3.70. The van der Waals surface area contributed by atoms with E-state index in [1.807, 2.05) is 56.0 Å². The van der Waals surface area contributed by atoms with E-state index < -0.39 is 6.04 Å². The van der Waals surface area contributed by atoms with Crippen LogP contribution in [0.1, 0.15) is 54.1 Å². The van der Waals surface area contributed by atoms with Crippen molar-refractivity contribution in [2.45, 2.75) is 45.6 Å². The van der Waals surface area contributed by atoms with Gasteiger partial charge >= 0.3 is 0 Å². The van der Waals surface area contributed by atoms with Gasteiger partial charge < -0.3 is 10.2 Å². The van der Waals surface area contributed by atoms with Crippen LogP contribution in [0.15, 0.2) is 48.5 Å². The lowest BCUT2D eigenvalue weighted by Gasteiger charge is -2.35. The molecule has 1 aliphatic rings. The molecule has 1 fully saturated rings. The first kappa shape index (κ1) is 21.4. The van der Waals surface area contributed by atoms with Crippen molar-refractivity contribution < 1.29 is 9.59 Å². The van der Waals surface area contributed by atoms with Gasteiger partial charge in [-0.1, -0.05) is 55.3 Å². The molecular formula is C24H29ClN2O2. The number of rotatable bonds is 5. The van der Waals surface area contributed by atoms with Crippen molar-refractivity contribution in [3.8, 4) is 0 Å². The predicted octanol–water partition coefficient (Wildman–Crippen LogP) is 4.81. The summed E-state index contributed by atoms with van der Waals surface area (Å²) in [6.07, 6.45) is 1.84. The SMILES string of the molecule is Cc1cccc(C(=O)NC(C(=O)N2CCC(c3ccc(Cl)cc3)CC2)C(C)C)c1. The van der Waals surface area contributed by atoms with Crippen LogP contribution < -0.4 is 5.32 Å². The van der Waals surface area contributed by atoms with Crippen molar-refractivity contribution in [1.29, 1.82) is 0 Å². The number of nitrogens with one attached hydrogen (secondary N) is 1. The molecule has 1 aliphatic heterocycles. The quantitative estimate of drug-likeness (QED) is 0.766. The Morgan fingerprint density at radius 2 is 1.72 bits per heavy atom. The monoisotopic (exact) mass is 412 g/mol. The van der Waals surface area contributed by atoms with Gasteiger partial charge in [-0.25, -0.2) is 0 Å². The smallest absolute Gasteiger partial charge is 0.251 e. The molecule has 0 radical (unpaired) electrons. The molecule has 0 aromatic heterocycles. The number of likely N-dealkylation sites (tertiary alicyclic amines) is 1. The highest BCUT2D eigenvalue weighted by Gasteiger charge is 2.31. The van der Waals surface area contributed by atoms with E-state index >= 15 is 0 Å². The Labute approximate surface area is 178 Å². The first-order chi connectivity index (χ1) is 13.8. The zero-order chi connectivity index (χ0) is 21.0. The summed E-state index contributed by atoms with van der Waals surface area (Å²) in [4.78, 5) is 27.7. The first-order valence-electron chi connectivity index (χ1n) is 10.3. The molecule has 2 amide bonds. The molecule has 1 saturated heterocycles. The summed E-state index contributed by atoms with van der Waals surface area (Å²) in [7, 11) is 0. The van der Waals surface area contributed by atoms with Gasteiger partial charge in [0.25, 0.3) is 5.91 Å². The van der Waals surface area contributed by atoms with Gasteiger partial charge in [0.2, 0.25) is 5.91 Å². The Balaban J connectivity index is 1.62. The van der Waals surface area contributed by atoms with Crippen molar-refractivity contribution in [3.63, 3.8) is 0 Å². The Hall–Kier alpha value is -2.33. The third kappa shape index (κ3) is 5.39. The molecule has 1 heterocycles. The summed E-state index contributed by atoms with van der Waals surface area (Å²) in [5.41, 5.74) is 2.88. The van der Waals surface area contributed by atoms with Crippen LogP contribution in [0, 0.1) is 12.8 Å². The van der Waals surface area contributed by atoms with Crippen LogP contribution in [-0.2, 0) is 4.79 Å². The molecule has 2 aromatic rings. The van der Waals surface area contributed by atoms with Gasteiger partial charge in [0, 0.05) is 23.7 Å². The summed E-state index contributed by atoms with van der Waals surface area (Å²) in [6.45, 7) is 7.30. The topological polar surface area (TPSA) is 49.4 Å². The molecule has 154 valence electrons. The standard InChI is InChI=1S/C24H29ClN2O2/c1-16(2)22(26-23(28)20-6-4-5-17(3)15-20)24(29)27-13-11-19(12-14-27)18-7-9-21(25)10-8-18/h4-10,15-16,19,22H,11-14H2,1-3H3,(H,26,28). The first-order valence-corrected chi connectivity index (χ1v) is 10.6. The fourth-order valence-electron chi connectivity index (χ4n) is 3.89. The molecule has 0 saturated carbocycles. The molecule has 1 atom stereocenters. The maximum Gasteiger partial charge on any atom is 0.251 e. The largest absolute Gasteiger partial charge is 0.341 e. The summed E-state index contributed by atoms with van der Waals surface area (Å²) >= 11 is 5.99. The maximum atomic E-state index is 13.2. The van der Waals surface area contributed by atoms with E-state index in [4.69, 9.17) is 11.6 Å². The second-order valence-electron chi connectivity index (χ2n) is 8.22. The van der Waals surface area contributed by atoms with E-state index in [1.165, 1.54) is 5.56 Å². The van der Waals surface area contributed by atoms with Crippen LogP contribution in [0.4, 0.5) is 0 Å². The van der Waals surface area contributed by atoms with Gasteiger partial charge in [-0.05, 0) is 61.4 Å². The van der Waals surface area contributed by atoms with Crippen molar-refractivity contribution in [3.05, 3.63) is 70.2 Å². The summed E-state index contributed by atoms with van der Waals surface area (Å²) < 4.78 is 0. The number of benzene rings is 2. The van der Waals surface area contributed by atoms with E-state index in [9.17, 15) is 9.59 Å². The second kappa shape index (κ2) is 9.45. The third-order valence-electron chi connectivity index (χ3n) is 5.65. The van der Waals surface area contributed by atoms with Crippen LogP contribution in [0.2, 0.25) is 5.02 Å². The number of nitrogens with zero attached hydrogens (tertiary/aromatic N) is 1. The normalized spacial score (nSPS) is 16.0. The highest BCUT2D eigenvalue weighted by molar-refractivity contribution is 6.30. The van der Waals surface area contributed by atoms with Gasteiger partial charge in [-0.15, -0.1) is 0 Å². The molecule has 29 heavy (non-hydrogen) atoms. The highest BCUT2D eigenvalue weighted by Crippen LogP contribution is 2.29. The molecule has 0 aliphatic carbocycles. The van der Waals surface area contributed by atoms with Gasteiger partial charge in [0.05, 0.1) is 0 Å². The van der Waals surface area contributed by atoms with E-state index in [1.54, 1.807) is 6.07 Å². The number of halogens is 1. The number of aryl methyl sites for hydroxylation is 1. The Morgan fingerprint density at radius 3 is 2.31 bits per heavy atom. The van der Waals surface area contributed by atoms with E-state index in [0.717, 1.165) is 23.4 Å². The number of piperidine rings is 1. The predicted molar refractivity (Wildman–Crippen MR) is 117 cm³/mol. The van der Waals surface area contributed by atoms with E-state index in [2.05, 4.69) is 17.4 Å². The van der Waals surface area contributed by atoms with Crippen LogP contribution in [0.3, 0.4) is 0 Å². The number of hydrogen-bond acceptors (Lipinski definition) is 2.